The number of hydrogen-bond acceptors (Lipinski definition) is 9. The van der Waals surface area contributed by atoms with Crippen LogP contribution in [0.2, 0.25) is 0 Å². The zero-order valence-electron chi connectivity index (χ0n) is 25.2. The first-order valence-corrected chi connectivity index (χ1v) is 17.7. The van der Waals surface area contributed by atoms with Gasteiger partial charge in [-0.1, -0.05) is 72.8 Å². The summed E-state index contributed by atoms with van der Waals surface area (Å²) in [6.07, 6.45) is 0. The van der Waals surface area contributed by atoms with E-state index in [9.17, 15) is 22.6 Å². The van der Waals surface area contributed by atoms with Crippen molar-refractivity contribution < 1.29 is 42.2 Å². The second-order valence-corrected chi connectivity index (χ2v) is 14.7. The molecule has 5 rings (SSSR count). The average Bonchev–Trinajstić information content (AvgIpc) is 3.11. The van der Waals surface area contributed by atoms with Crippen LogP contribution in [0.1, 0.15) is 20.7 Å². The van der Waals surface area contributed by atoms with E-state index in [2.05, 4.69) is 131 Å². The predicted molar refractivity (Wildman–Crippen MR) is 180 cm³/mol. The maximum absolute atomic E-state index is 11.6. The van der Waals surface area contributed by atoms with Crippen LogP contribution in [-0.2, 0) is 19.6 Å². The normalized spacial score (nSPS) is 11.1. The van der Waals surface area contributed by atoms with Gasteiger partial charge in [0.15, 0.2) is 0 Å². The van der Waals surface area contributed by atoms with Crippen LogP contribution in [-0.4, -0.2) is 61.5 Å². The third-order valence-corrected chi connectivity index (χ3v) is 12.1. The third kappa shape index (κ3) is 8.56. The Hall–Kier alpha value is -4.70. The molecule has 47 heavy (non-hydrogen) atoms. The Morgan fingerprint density at radius 1 is 0.574 bits per heavy atom. The largest absolute Gasteiger partial charge is 0.744 e. The van der Waals surface area contributed by atoms with Gasteiger partial charge in [0.05, 0.1) is 29.2 Å². The van der Waals surface area contributed by atoms with E-state index in [0.717, 1.165) is 12.1 Å². The number of carbonyl (C=O) groups is 2. The minimum atomic E-state index is -5.05. The lowest BCUT2D eigenvalue weighted by atomic mass is 10.1. The first-order chi connectivity index (χ1) is 22.7. The number of aliphatic hydroxyl groups is 2. The number of carbonyl (C=O) groups excluding carboxylic acids is 2. The molecule has 0 aromatic heterocycles. The molecule has 5 aromatic carbocycles. The van der Waals surface area contributed by atoms with Crippen LogP contribution in [0.3, 0.4) is 0 Å². The molecular weight excluding hydrogens is 639 g/mol. The number of esters is 2. The molecule has 242 valence electrons. The lowest BCUT2D eigenvalue weighted by molar-refractivity contribution is 0.0418. The van der Waals surface area contributed by atoms with Crippen molar-refractivity contribution in [2.24, 2.45) is 0 Å². The van der Waals surface area contributed by atoms with Gasteiger partial charge in [-0.15, -0.1) is 0 Å². The monoisotopic (exact) mass is 672 g/mol. The minimum Gasteiger partial charge on any atom is -0.744 e. The van der Waals surface area contributed by atoms with Gasteiger partial charge in [0.2, 0.25) is 0 Å². The highest BCUT2D eigenvalue weighted by atomic mass is 32.2. The zero-order valence-corrected chi connectivity index (χ0v) is 26.9. The van der Waals surface area contributed by atoms with Crippen molar-refractivity contribution >= 4 is 50.5 Å². The molecule has 0 aliphatic carbocycles. The number of benzene rings is 5. The third-order valence-electron chi connectivity index (χ3n) is 6.93. The van der Waals surface area contributed by atoms with Gasteiger partial charge < -0.3 is 24.2 Å². The van der Waals surface area contributed by atoms with E-state index in [0.29, 0.717) is 6.07 Å². The lowest BCUT2D eigenvalue weighted by Gasteiger charge is -2.27. The summed E-state index contributed by atoms with van der Waals surface area (Å²) in [5.41, 5.74) is -0.830. The molecule has 9 nitrogen and oxygen atoms in total. The van der Waals surface area contributed by atoms with Crippen molar-refractivity contribution in [1.82, 2.24) is 0 Å². The SMILES string of the molecule is O=C(OCCO)c1ccc(C(=O)OCCO)c(S(=O)(=O)[O-])c1.c1ccc([P+](c2ccccc2)(c2ccccc2)c2ccccc2)cc1. The average molecular weight is 673 g/mol. The van der Waals surface area contributed by atoms with E-state index in [1.165, 1.54) is 21.2 Å². The van der Waals surface area contributed by atoms with Crippen LogP contribution < -0.4 is 21.2 Å². The molecule has 0 saturated heterocycles. The van der Waals surface area contributed by atoms with Crippen molar-refractivity contribution in [2.75, 3.05) is 26.4 Å². The summed E-state index contributed by atoms with van der Waals surface area (Å²) in [4.78, 5) is 22.3. The van der Waals surface area contributed by atoms with Gasteiger partial charge in [-0.05, 0) is 66.7 Å². The zero-order chi connectivity index (χ0) is 33.7. The number of hydrogen-bond donors (Lipinski definition) is 2. The maximum Gasteiger partial charge on any atom is 0.339 e. The van der Waals surface area contributed by atoms with E-state index in [4.69, 9.17) is 10.2 Å². The van der Waals surface area contributed by atoms with Crippen LogP contribution in [0.5, 0.6) is 0 Å². The molecule has 0 fully saturated rings. The molecule has 0 saturated carbocycles. The van der Waals surface area contributed by atoms with E-state index in [1.807, 2.05) is 0 Å². The summed E-state index contributed by atoms with van der Waals surface area (Å²) in [6, 6.07) is 46.5. The standard InChI is InChI=1S/C24H20P.C12H14O9S/c1-5-13-21(14-6-1)25(22-15-7-2-8-16-22,23-17-9-3-10-18-23)24-19-11-4-12-20-24;13-3-5-20-11(15)8-1-2-9(12(16)21-6-4-14)10(7-8)22(17,18)19/h1-20H;1-2,7,13-14H,3-6H2,(H,17,18,19)/q+1;/p-1. The first-order valence-electron chi connectivity index (χ1n) is 14.5. The molecule has 0 bridgehead atoms. The summed E-state index contributed by atoms with van der Waals surface area (Å²) in [6.45, 7) is -1.59. The quantitative estimate of drug-likeness (QED) is 0.123. The molecule has 5 aromatic rings. The fraction of sp³-hybridized carbons (Fsp3) is 0.111. The van der Waals surface area contributed by atoms with Crippen LogP contribution in [0, 0.1) is 0 Å². The van der Waals surface area contributed by atoms with Crippen molar-refractivity contribution in [3.05, 3.63) is 151 Å². The molecule has 0 heterocycles. The Balaban J connectivity index is 0.000000215. The second kappa shape index (κ2) is 16.7. The van der Waals surface area contributed by atoms with E-state index in [-0.39, 0.29) is 18.8 Å². The Morgan fingerprint density at radius 3 is 1.28 bits per heavy atom. The van der Waals surface area contributed by atoms with Crippen LogP contribution in [0.25, 0.3) is 0 Å². The Bertz CT molecular complexity index is 1690. The lowest BCUT2D eigenvalue weighted by Crippen LogP contribution is -2.38. The van der Waals surface area contributed by atoms with E-state index < -0.39 is 53.0 Å². The molecule has 11 heteroatoms. The van der Waals surface area contributed by atoms with Crippen molar-refractivity contribution in [1.29, 1.82) is 0 Å². The minimum absolute atomic E-state index is 0.276. The topological polar surface area (TPSA) is 150 Å². The van der Waals surface area contributed by atoms with Crippen LogP contribution in [0.4, 0.5) is 0 Å². The fourth-order valence-electron chi connectivity index (χ4n) is 4.96. The molecular formula is C36H33O9PS. The number of aliphatic hydroxyl groups excluding tert-OH is 2. The summed E-state index contributed by atoms with van der Waals surface area (Å²) < 4.78 is 42.8. The van der Waals surface area contributed by atoms with Gasteiger partial charge in [0.25, 0.3) is 0 Å². The van der Waals surface area contributed by atoms with Crippen LogP contribution >= 0.6 is 7.26 Å². The summed E-state index contributed by atoms with van der Waals surface area (Å²) in [5, 5.41) is 22.6. The van der Waals surface area contributed by atoms with E-state index >= 15 is 0 Å². The fourth-order valence-corrected chi connectivity index (χ4v) is 9.92. The molecule has 0 aliphatic heterocycles. The Morgan fingerprint density at radius 2 is 0.936 bits per heavy atom. The second-order valence-electron chi connectivity index (χ2n) is 9.90. The summed E-state index contributed by atoms with van der Waals surface area (Å²) >= 11 is 0. The maximum atomic E-state index is 11.6. The van der Waals surface area contributed by atoms with Gasteiger partial charge >= 0.3 is 11.9 Å². The van der Waals surface area contributed by atoms with Gasteiger partial charge in [-0.3, -0.25) is 0 Å². The van der Waals surface area contributed by atoms with Crippen molar-refractivity contribution in [2.45, 2.75) is 4.90 Å². The Labute approximate surface area is 274 Å². The highest BCUT2D eigenvalue weighted by molar-refractivity contribution is 8.01. The van der Waals surface area contributed by atoms with Crippen LogP contribution in [0.15, 0.2) is 144 Å². The first kappa shape index (κ1) is 35.2. The highest BCUT2D eigenvalue weighted by Crippen LogP contribution is 2.54. The molecule has 0 radical (unpaired) electrons. The van der Waals surface area contributed by atoms with Crippen molar-refractivity contribution in [3.63, 3.8) is 0 Å². The van der Waals surface area contributed by atoms with Gasteiger partial charge in [-0.2, -0.15) is 0 Å². The summed E-state index contributed by atoms with van der Waals surface area (Å²) in [5.74, 6) is -2.09. The van der Waals surface area contributed by atoms with Gasteiger partial charge in [0, 0.05) is 0 Å². The Kier molecular flexibility index (Phi) is 12.5. The highest BCUT2D eigenvalue weighted by Gasteiger charge is 2.47. The van der Waals surface area contributed by atoms with Crippen molar-refractivity contribution in [3.8, 4) is 0 Å². The van der Waals surface area contributed by atoms with E-state index in [1.54, 1.807) is 0 Å². The molecule has 0 amide bonds. The summed E-state index contributed by atoms with van der Waals surface area (Å²) in [7, 11) is -6.96. The molecule has 0 atom stereocenters. The molecule has 2 N–H and O–H groups in total. The predicted octanol–water partition coefficient (Wildman–Crippen LogP) is 3.19. The molecule has 0 spiro atoms. The molecule has 0 aliphatic rings. The van der Waals surface area contributed by atoms with Gasteiger partial charge in [-0.25, -0.2) is 18.0 Å². The van der Waals surface area contributed by atoms with Gasteiger partial charge in [0.1, 0.15) is 51.8 Å². The molecule has 0 unspecified atom stereocenters. The smallest absolute Gasteiger partial charge is 0.339 e. The number of ether oxygens (including phenoxy) is 2. The number of rotatable bonds is 11.